The van der Waals surface area contributed by atoms with Crippen LogP contribution in [0.25, 0.3) is 5.65 Å². The molecule has 0 aliphatic carbocycles. The van der Waals surface area contributed by atoms with Crippen LogP contribution in [-0.4, -0.2) is 20.5 Å². The Morgan fingerprint density at radius 1 is 1.43 bits per heavy atom. The Bertz CT molecular complexity index is 512. The molecule has 2 rings (SSSR count). The summed E-state index contributed by atoms with van der Waals surface area (Å²) in [5, 5.41) is 4.06. The van der Waals surface area contributed by atoms with Crippen molar-refractivity contribution in [2.45, 2.75) is 13.0 Å². The quantitative estimate of drug-likeness (QED) is 0.646. The van der Waals surface area contributed by atoms with Gasteiger partial charge in [-0.05, 0) is 12.1 Å². The van der Waals surface area contributed by atoms with Crippen LogP contribution >= 0.6 is 0 Å². The van der Waals surface area contributed by atoms with Crippen molar-refractivity contribution in [3.05, 3.63) is 34.9 Å². The molecule has 0 aliphatic rings. The maximum Gasteiger partial charge on any atom is 0.350 e. The van der Waals surface area contributed by atoms with Crippen LogP contribution in [0.2, 0.25) is 0 Å². The molecule has 0 radical (unpaired) electrons. The van der Waals surface area contributed by atoms with Crippen molar-refractivity contribution < 1.29 is 4.79 Å². The molecule has 5 nitrogen and oxygen atoms in total. The average Bonchev–Trinajstić information content (AvgIpc) is 2.54. The molecule has 0 spiro atoms. The second-order valence-electron chi connectivity index (χ2n) is 2.89. The van der Waals surface area contributed by atoms with Crippen molar-refractivity contribution in [2.24, 2.45) is 0 Å². The van der Waals surface area contributed by atoms with Crippen molar-refractivity contribution in [1.82, 2.24) is 14.2 Å². The van der Waals surface area contributed by atoms with Gasteiger partial charge in [0.15, 0.2) is 5.65 Å². The molecular formula is C9H9N3O2. The topological polar surface area (TPSA) is 56.4 Å². The lowest BCUT2D eigenvalue weighted by molar-refractivity contribution is -0.108. The number of aldehydes is 1. The molecule has 0 unspecified atom stereocenters. The highest BCUT2D eigenvalue weighted by molar-refractivity contribution is 5.49. The fraction of sp³-hybridized carbons (Fsp3) is 0.222. The number of carbonyl (C=O) groups is 1. The molecule has 2 heterocycles. The Hall–Kier alpha value is -1.91. The Morgan fingerprint density at radius 2 is 2.29 bits per heavy atom. The number of pyridine rings is 1. The minimum atomic E-state index is -0.206. The molecule has 2 aromatic rings. The number of aryl methyl sites for hydroxylation is 1. The van der Waals surface area contributed by atoms with Crippen molar-refractivity contribution in [2.75, 3.05) is 0 Å². The maximum atomic E-state index is 11.6. The molecular weight excluding hydrogens is 182 g/mol. The van der Waals surface area contributed by atoms with Crippen molar-refractivity contribution in [1.29, 1.82) is 0 Å². The maximum absolute atomic E-state index is 11.6. The van der Waals surface area contributed by atoms with E-state index in [1.165, 1.54) is 9.08 Å². The first-order valence-electron chi connectivity index (χ1n) is 4.31. The SMILES string of the molecule is O=CCCn1nc2ccccn2c1=O. The fourth-order valence-electron chi connectivity index (χ4n) is 1.29. The standard InChI is InChI=1S/C9H9N3O2/c13-7-3-6-12-9(14)11-5-2-1-4-8(11)10-12/h1-2,4-5,7H,3,6H2. The summed E-state index contributed by atoms with van der Waals surface area (Å²) in [6, 6.07) is 5.32. The van der Waals surface area contributed by atoms with Gasteiger partial charge < -0.3 is 4.79 Å². The summed E-state index contributed by atoms with van der Waals surface area (Å²) in [7, 11) is 0. The van der Waals surface area contributed by atoms with Crippen molar-refractivity contribution in [3.8, 4) is 0 Å². The van der Waals surface area contributed by atoms with Gasteiger partial charge in [0.05, 0.1) is 6.54 Å². The van der Waals surface area contributed by atoms with E-state index >= 15 is 0 Å². The second kappa shape index (κ2) is 3.45. The van der Waals surface area contributed by atoms with Gasteiger partial charge in [-0.15, -0.1) is 5.10 Å². The van der Waals surface area contributed by atoms with E-state index in [9.17, 15) is 9.59 Å². The number of nitrogens with zero attached hydrogens (tertiary/aromatic N) is 3. The number of fused-ring (bicyclic) bond motifs is 1. The van der Waals surface area contributed by atoms with E-state index in [0.29, 0.717) is 18.6 Å². The molecule has 0 fully saturated rings. The van der Waals surface area contributed by atoms with Gasteiger partial charge in [0.1, 0.15) is 6.29 Å². The van der Waals surface area contributed by atoms with Gasteiger partial charge in [0.2, 0.25) is 0 Å². The number of hydrogen-bond donors (Lipinski definition) is 0. The zero-order chi connectivity index (χ0) is 9.97. The highest BCUT2D eigenvalue weighted by Crippen LogP contribution is 1.94. The molecule has 0 aliphatic heterocycles. The average molecular weight is 191 g/mol. The Balaban J connectivity index is 2.51. The molecule has 0 aromatic carbocycles. The molecule has 0 amide bonds. The monoisotopic (exact) mass is 191 g/mol. The first-order valence-corrected chi connectivity index (χ1v) is 4.31. The van der Waals surface area contributed by atoms with E-state index in [4.69, 9.17) is 0 Å². The summed E-state index contributed by atoms with van der Waals surface area (Å²) < 4.78 is 2.74. The van der Waals surface area contributed by atoms with Gasteiger partial charge in [0.25, 0.3) is 0 Å². The van der Waals surface area contributed by atoms with Crippen LogP contribution in [0.1, 0.15) is 6.42 Å². The molecule has 0 N–H and O–H groups in total. The summed E-state index contributed by atoms with van der Waals surface area (Å²) in [4.78, 5) is 21.7. The van der Waals surface area contributed by atoms with Crippen LogP contribution in [0.5, 0.6) is 0 Å². The van der Waals surface area contributed by atoms with E-state index in [0.717, 1.165) is 6.29 Å². The summed E-state index contributed by atoms with van der Waals surface area (Å²) >= 11 is 0. The predicted octanol–water partition coefficient (Wildman–Crippen LogP) is 0.0850. The number of hydrogen-bond acceptors (Lipinski definition) is 3. The van der Waals surface area contributed by atoms with Gasteiger partial charge in [0, 0.05) is 12.6 Å². The largest absolute Gasteiger partial charge is 0.350 e. The van der Waals surface area contributed by atoms with Crippen molar-refractivity contribution >= 4 is 11.9 Å². The summed E-state index contributed by atoms with van der Waals surface area (Å²) in [5.41, 5.74) is 0.394. The molecule has 14 heavy (non-hydrogen) atoms. The van der Waals surface area contributed by atoms with Gasteiger partial charge in [-0.3, -0.25) is 4.40 Å². The third kappa shape index (κ3) is 1.32. The first-order chi connectivity index (χ1) is 6.83. The summed E-state index contributed by atoms with van der Waals surface area (Å²) in [5.74, 6) is 0. The Kier molecular flexibility index (Phi) is 2.14. The van der Waals surface area contributed by atoms with E-state index in [2.05, 4.69) is 5.10 Å². The highest BCUT2D eigenvalue weighted by Gasteiger charge is 2.03. The third-order valence-electron chi connectivity index (χ3n) is 1.95. The van der Waals surface area contributed by atoms with Crippen LogP contribution in [0.15, 0.2) is 29.2 Å². The fourth-order valence-corrected chi connectivity index (χ4v) is 1.29. The molecule has 0 saturated heterocycles. The molecule has 72 valence electrons. The van der Waals surface area contributed by atoms with Crippen LogP contribution in [-0.2, 0) is 11.3 Å². The number of aromatic nitrogens is 3. The van der Waals surface area contributed by atoms with Gasteiger partial charge in [-0.2, -0.15) is 0 Å². The third-order valence-corrected chi connectivity index (χ3v) is 1.95. The first kappa shape index (κ1) is 8.68. The van der Waals surface area contributed by atoms with E-state index in [-0.39, 0.29) is 5.69 Å². The second-order valence-corrected chi connectivity index (χ2v) is 2.89. The van der Waals surface area contributed by atoms with E-state index in [1.54, 1.807) is 18.3 Å². The zero-order valence-corrected chi connectivity index (χ0v) is 7.46. The van der Waals surface area contributed by atoms with Gasteiger partial charge in [-0.1, -0.05) is 6.07 Å². The Labute approximate surface area is 79.6 Å². The van der Waals surface area contributed by atoms with E-state index < -0.39 is 0 Å². The predicted molar refractivity (Wildman–Crippen MR) is 50.1 cm³/mol. The lowest BCUT2D eigenvalue weighted by Gasteiger charge is -1.90. The zero-order valence-electron chi connectivity index (χ0n) is 7.46. The normalized spacial score (nSPS) is 10.6. The minimum absolute atomic E-state index is 0.206. The van der Waals surface area contributed by atoms with E-state index in [1.807, 2.05) is 6.07 Å². The van der Waals surface area contributed by atoms with Gasteiger partial charge >= 0.3 is 5.69 Å². The smallest absolute Gasteiger partial charge is 0.303 e. The number of rotatable bonds is 3. The molecule has 0 atom stereocenters. The molecule has 0 bridgehead atoms. The highest BCUT2D eigenvalue weighted by atomic mass is 16.2. The molecule has 2 aromatic heterocycles. The molecule has 0 saturated carbocycles. The van der Waals surface area contributed by atoms with Gasteiger partial charge in [-0.25, -0.2) is 9.48 Å². The lowest BCUT2D eigenvalue weighted by atomic mass is 10.5. The van der Waals surface area contributed by atoms with Crippen LogP contribution in [0.4, 0.5) is 0 Å². The molecule has 5 heteroatoms. The summed E-state index contributed by atoms with van der Waals surface area (Å²) in [6.07, 6.45) is 2.74. The van der Waals surface area contributed by atoms with Crippen LogP contribution in [0, 0.1) is 0 Å². The summed E-state index contributed by atoms with van der Waals surface area (Å²) in [6.45, 7) is 0.337. The number of carbonyl (C=O) groups excluding carboxylic acids is 1. The lowest BCUT2D eigenvalue weighted by Crippen LogP contribution is -2.21. The Morgan fingerprint density at radius 3 is 3.00 bits per heavy atom. The minimum Gasteiger partial charge on any atom is -0.303 e. The van der Waals surface area contributed by atoms with Crippen LogP contribution < -0.4 is 5.69 Å². The van der Waals surface area contributed by atoms with Crippen molar-refractivity contribution in [3.63, 3.8) is 0 Å². The van der Waals surface area contributed by atoms with Crippen LogP contribution in [0.3, 0.4) is 0 Å².